The molecule has 1 aromatic heterocycles. The molecule has 3 aromatic rings. The first-order valence-electron chi connectivity index (χ1n) is 11.0. The summed E-state index contributed by atoms with van der Waals surface area (Å²) < 4.78 is 1.97. The van der Waals surface area contributed by atoms with Crippen LogP contribution in [0.4, 0.5) is 0 Å². The van der Waals surface area contributed by atoms with Crippen LogP contribution in [0, 0.1) is 0 Å². The van der Waals surface area contributed by atoms with Crippen LogP contribution in [-0.2, 0) is 13.0 Å². The lowest BCUT2D eigenvalue weighted by molar-refractivity contribution is 0.0532. The minimum Gasteiger partial charge on any atom is -0.335 e. The van der Waals surface area contributed by atoms with Gasteiger partial charge >= 0.3 is 0 Å². The maximum absolute atomic E-state index is 12.9. The zero-order valence-corrected chi connectivity index (χ0v) is 17.5. The molecule has 0 bridgehead atoms. The summed E-state index contributed by atoms with van der Waals surface area (Å²) in [5, 5.41) is 4.51. The van der Waals surface area contributed by atoms with Gasteiger partial charge in [0.1, 0.15) is 0 Å². The Bertz CT molecular complexity index is 1060. The van der Waals surface area contributed by atoms with E-state index in [0.717, 1.165) is 42.6 Å². The number of amides is 2. The first-order chi connectivity index (χ1) is 15.2. The van der Waals surface area contributed by atoms with Crippen LogP contribution in [0.2, 0.25) is 0 Å². The molecule has 2 aliphatic heterocycles. The summed E-state index contributed by atoms with van der Waals surface area (Å²) in [7, 11) is 0. The van der Waals surface area contributed by atoms with E-state index in [1.54, 1.807) is 0 Å². The van der Waals surface area contributed by atoms with Crippen LogP contribution in [0.5, 0.6) is 0 Å². The number of aromatic nitrogens is 2. The third kappa shape index (κ3) is 3.98. The van der Waals surface area contributed by atoms with Gasteiger partial charge in [-0.05, 0) is 48.6 Å². The molecule has 3 heterocycles. The van der Waals surface area contributed by atoms with Gasteiger partial charge in [-0.3, -0.25) is 14.3 Å². The molecule has 2 aliphatic rings. The number of carbonyl (C=O) groups excluding carboxylic acids is 2. The molecule has 0 aliphatic carbocycles. The molecule has 0 radical (unpaired) electrons. The van der Waals surface area contributed by atoms with Gasteiger partial charge < -0.3 is 9.80 Å². The van der Waals surface area contributed by atoms with Crippen LogP contribution in [-0.4, -0.2) is 57.6 Å². The Hall–Kier alpha value is -3.41. The largest absolute Gasteiger partial charge is 0.335 e. The van der Waals surface area contributed by atoms with Gasteiger partial charge in [-0.1, -0.05) is 42.5 Å². The fourth-order valence-electron chi connectivity index (χ4n) is 4.42. The summed E-state index contributed by atoms with van der Waals surface area (Å²) in [6, 6.07) is 19.8. The zero-order chi connectivity index (χ0) is 21.2. The molecule has 0 unspecified atom stereocenters. The highest BCUT2D eigenvalue weighted by Crippen LogP contribution is 2.21. The number of hydrogen-bond acceptors (Lipinski definition) is 3. The van der Waals surface area contributed by atoms with Crippen LogP contribution < -0.4 is 0 Å². The van der Waals surface area contributed by atoms with Crippen molar-refractivity contribution in [1.82, 2.24) is 19.6 Å². The summed E-state index contributed by atoms with van der Waals surface area (Å²) in [5.74, 6) is -0.00891. The van der Waals surface area contributed by atoms with Crippen molar-refractivity contribution in [3.63, 3.8) is 0 Å². The van der Waals surface area contributed by atoms with E-state index in [9.17, 15) is 9.59 Å². The maximum atomic E-state index is 12.9. The lowest BCUT2D eigenvalue weighted by atomic mass is 10.0. The van der Waals surface area contributed by atoms with Crippen molar-refractivity contribution in [2.24, 2.45) is 0 Å². The molecular weight excluding hydrogens is 388 g/mol. The van der Waals surface area contributed by atoms with Gasteiger partial charge in [0, 0.05) is 44.0 Å². The first-order valence-corrected chi connectivity index (χ1v) is 11.0. The van der Waals surface area contributed by atoms with Crippen molar-refractivity contribution in [3.8, 4) is 11.1 Å². The highest BCUT2D eigenvalue weighted by molar-refractivity contribution is 5.95. The zero-order valence-electron chi connectivity index (χ0n) is 17.5. The Labute approximate surface area is 182 Å². The van der Waals surface area contributed by atoms with E-state index in [1.807, 2.05) is 63.0 Å². The highest BCUT2D eigenvalue weighted by Gasteiger charge is 2.27. The number of aryl methyl sites for hydroxylation is 2. The predicted octanol–water partition coefficient (Wildman–Crippen LogP) is 3.48. The van der Waals surface area contributed by atoms with Crippen LogP contribution in [0.1, 0.15) is 39.4 Å². The van der Waals surface area contributed by atoms with Crippen molar-refractivity contribution in [3.05, 3.63) is 77.6 Å². The fraction of sp³-hybridized carbons (Fsp3) is 0.320. The summed E-state index contributed by atoms with van der Waals surface area (Å²) in [4.78, 5) is 29.5. The number of hydrogen-bond donors (Lipinski definition) is 0. The van der Waals surface area contributed by atoms with E-state index in [-0.39, 0.29) is 11.8 Å². The molecule has 0 atom stereocenters. The number of fused-ring (bicyclic) bond motifs is 1. The lowest BCUT2D eigenvalue weighted by Gasteiger charge is -2.34. The number of carbonyl (C=O) groups is 2. The van der Waals surface area contributed by atoms with Crippen molar-refractivity contribution < 1.29 is 9.59 Å². The second-order valence-corrected chi connectivity index (χ2v) is 8.23. The standard InChI is InChI=1S/C25H26N4O2/c30-24(21-11-9-20(10-12-21)19-6-2-1-3-7-19)27-14-16-28(17-15-27)25(31)23-18-22-8-4-5-13-29(22)26-23/h1-3,6-7,9-12,18H,4-5,8,13-17H2. The average molecular weight is 415 g/mol. The van der Waals surface area contributed by atoms with Crippen molar-refractivity contribution >= 4 is 11.8 Å². The third-order valence-electron chi connectivity index (χ3n) is 6.23. The first kappa shape index (κ1) is 19.5. The smallest absolute Gasteiger partial charge is 0.274 e. The molecule has 31 heavy (non-hydrogen) atoms. The molecule has 6 heteroatoms. The molecule has 1 fully saturated rings. The van der Waals surface area contributed by atoms with E-state index in [4.69, 9.17) is 0 Å². The Morgan fingerprint density at radius 3 is 2.03 bits per heavy atom. The molecule has 2 amide bonds. The highest BCUT2D eigenvalue weighted by atomic mass is 16.2. The van der Waals surface area contributed by atoms with Gasteiger partial charge in [0.25, 0.3) is 11.8 Å². The predicted molar refractivity (Wildman–Crippen MR) is 119 cm³/mol. The van der Waals surface area contributed by atoms with Crippen LogP contribution in [0.15, 0.2) is 60.7 Å². The van der Waals surface area contributed by atoms with Gasteiger partial charge in [0.2, 0.25) is 0 Å². The van der Waals surface area contributed by atoms with Crippen molar-refractivity contribution in [2.75, 3.05) is 26.2 Å². The van der Waals surface area contributed by atoms with E-state index in [2.05, 4.69) is 17.2 Å². The van der Waals surface area contributed by atoms with E-state index < -0.39 is 0 Å². The molecule has 6 nitrogen and oxygen atoms in total. The molecule has 158 valence electrons. The van der Waals surface area contributed by atoms with Gasteiger partial charge in [-0.2, -0.15) is 5.10 Å². The SMILES string of the molecule is O=C(c1ccc(-c2ccccc2)cc1)N1CCN(C(=O)c2cc3n(n2)CCCC3)CC1. The Morgan fingerprint density at radius 1 is 0.710 bits per heavy atom. The Morgan fingerprint density at radius 2 is 1.35 bits per heavy atom. The van der Waals surface area contributed by atoms with Gasteiger partial charge in [0.05, 0.1) is 0 Å². The monoisotopic (exact) mass is 414 g/mol. The van der Waals surface area contributed by atoms with Crippen LogP contribution in [0.25, 0.3) is 11.1 Å². The van der Waals surface area contributed by atoms with E-state index in [1.165, 1.54) is 0 Å². The molecule has 2 aromatic carbocycles. The Kier molecular flexibility index (Phi) is 5.28. The van der Waals surface area contributed by atoms with Gasteiger partial charge in [0.15, 0.2) is 5.69 Å². The summed E-state index contributed by atoms with van der Waals surface area (Å²) in [5.41, 5.74) is 4.60. The lowest BCUT2D eigenvalue weighted by Crippen LogP contribution is -2.50. The molecule has 0 N–H and O–H groups in total. The number of nitrogens with zero attached hydrogens (tertiary/aromatic N) is 4. The van der Waals surface area contributed by atoms with Gasteiger partial charge in [-0.15, -0.1) is 0 Å². The average Bonchev–Trinajstić information content (AvgIpc) is 3.28. The molecule has 1 saturated heterocycles. The van der Waals surface area contributed by atoms with Crippen molar-refractivity contribution in [2.45, 2.75) is 25.8 Å². The summed E-state index contributed by atoms with van der Waals surface area (Å²) in [6.07, 6.45) is 3.27. The number of benzene rings is 2. The quantitative estimate of drug-likeness (QED) is 0.659. The van der Waals surface area contributed by atoms with Crippen LogP contribution >= 0.6 is 0 Å². The van der Waals surface area contributed by atoms with E-state index >= 15 is 0 Å². The minimum absolute atomic E-state index is 0.0177. The number of piperazine rings is 1. The van der Waals surface area contributed by atoms with E-state index in [0.29, 0.717) is 37.4 Å². The normalized spacial score (nSPS) is 16.1. The summed E-state index contributed by atoms with van der Waals surface area (Å²) in [6.45, 7) is 3.05. The van der Waals surface area contributed by atoms with Gasteiger partial charge in [-0.25, -0.2) is 0 Å². The topological polar surface area (TPSA) is 58.4 Å². The summed E-state index contributed by atoms with van der Waals surface area (Å²) >= 11 is 0. The van der Waals surface area contributed by atoms with Crippen LogP contribution in [0.3, 0.4) is 0 Å². The third-order valence-corrected chi connectivity index (χ3v) is 6.23. The molecule has 0 saturated carbocycles. The second-order valence-electron chi connectivity index (χ2n) is 8.23. The molecular formula is C25H26N4O2. The minimum atomic E-state index is -0.0267. The number of rotatable bonds is 3. The molecule has 5 rings (SSSR count). The fourth-order valence-corrected chi connectivity index (χ4v) is 4.42. The Balaban J connectivity index is 1.20. The van der Waals surface area contributed by atoms with Crippen molar-refractivity contribution in [1.29, 1.82) is 0 Å². The maximum Gasteiger partial charge on any atom is 0.274 e. The second kappa shape index (κ2) is 8.38. The molecule has 0 spiro atoms.